The maximum atomic E-state index is 13.2. The van der Waals surface area contributed by atoms with Crippen molar-refractivity contribution in [2.75, 3.05) is 32.7 Å². The fraction of sp³-hybridized carbons (Fsp3) is 0.650. The molecule has 8 nitrogen and oxygen atoms in total. The Morgan fingerprint density at radius 1 is 1.14 bits per heavy atom. The van der Waals surface area contributed by atoms with Gasteiger partial charge in [-0.2, -0.15) is 0 Å². The highest BCUT2D eigenvalue weighted by Gasteiger charge is 2.43. The first-order valence-corrected chi connectivity index (χ1v) is 10.2. The highest BCUT2D eigenvalue weighted by molar-refractivity contribution is 5.86. The molecule has 1 aromatic heterocycles. The number of aromatic nitrogens is 1. The molecule has 1 saturated carbocycles. The molecule has 0 bridgehead atoms. The van der Waals surface area contributed by atoms with E-state index in [2.05, 4.69) is 9.88 Å². The summed E-state index contributed by atoms with van der Waals surface area (Å²) in [6.45, 7) is 3.47. The molecule has 0 aromatic carbocycles. The van der Waals surface area contributed by atoms with Crippen LogP contribution in [0.4, 0.5) is 4.79 Å². The second-order valence-corrected chi connectivity index (χ2v) is 7.91. The molecule has 2 saturated heterocycles. The lowest BCUT2D eigenvalue weighted by Gasteiger charge is -2.36. The molecule has 0 unspecified atom stereocenters. The van der Waals surface area contributed by atoms with Gasteiger partial charge in [0.25, 0.3) is 0 Å². The molecule has 3 heterocycles. The summed E-state index contributed by atoms with van der Waals surface area (Å²) in [4.78, 5) is 34.5. The van der Waals surface area contributed by atoms with Gasteiger partial charge in [0.05, 0.1) is 12.7 Å². The zero-order chi connectivity index (χ0) is 19.5. The molecule has 152 valence electrons. The van der Waals surface area contributed by atoms with Gasteiger partial charge in [0.2, 0.25) is 5.91 Å². The predicted molar refractivity (Wildman–Crippen MR) is 102 cm³/mol. The van der Waals surface area contributed by atoms with E-state index in [4.69, 9.17) is 4.74 Å². The van der Waals surface area contributed by atoms with Crippen LogP contribution in [0.15, 0.2) is 24.5 Å². The van der Waals surface area contributed by atoms with Gasteiger partial charge in [0, 0.05) is 44.8 Å². The topological polar surface area (TPSA) is 86.2 Å². The summed E-state index contributed by atoms with van der Waals surface area (Å²) in [5.74, 6) is 0.506. The van der Waals surface area contributed by atoms with Crippen LogP contribution in [-0.4, -0.2) is 87.7 Å². The van der Waals surface area contributed by atoms with E-state index < -0.39 is 12.1 Å². The normalized spacial score (nSPS) is 26.6. The van der Waals surface area contributed by atoms with Crippen molar-refractivity contribution in [3.8, 4) is 5.75 Å². The quantitative estimate of drug-likeness (QED) is 0.844. The summed E-state index contributed by atoms with van der Waals surface area (Å²) in [6, 6.07) is 3.56. The molecular formula is C20H28N4O4. The number of ether oxygens (including phenoxy) is 1. The number of likely N-dealkylation sites (tertiary alicyclic amines) is 1. The largest absolute Gasteiger partial charge is 0.487 e. The lowest BCUT2D eigenvalue weighted by atomic mass is 9.91. The van der Waals surface area contributed by atoms with Crippen molar-refractivity contribution >= 4 is 12.0 Å². The fourth-order valence-electron chi connectivity index (χ4n) is 4.42. The number of hydrogen-bond acceptors (Lipinski definition) is 5. The van der Waals surface area contributed by atoms with Crippen LogP contribution in [-0.2, 0) is 4.79 Å². The molecule has 1 N–H and O–H groups in total. The Hall–Kier alpha value is -2.35. The molecule has 3 fully saturated rings. The Balaban J connectivity index is 1.39. The van der Waals surface area contributed by atoms with E-state index in [0.29, 0.717) is 31.3 Å². The van der Waals surface area contributed by atoms with Crippen LogP contribution < -0.4 is 4.74 Å². The summed E-state index contributed by atoms with van der Waals surface area (Å²) in [7, 11) is 0. The first-order chi connectivity index (χ1) is 13.6. The van der Waals surface area contributed by atoms with Gasteiger partial charge >= 0.3 is 6.09 Å². The molecule has 0 radical (unpaired) electrons. The maximum Gasteiger partial charge on any atom is 0.408 e. The van der Waals surface area contributed by atoms with Gasteiger partial charge in [0.15, 0.2) is 0 Å². The monoisotopic (exact) mass is 388 g/mol. The van der Waals surface area contributed by atoms with Crippen LogP contribution in [0.5, 0.6) is 5.75 Å². The van der Waals surface area contributed by atoms with Crippen molar-refractivity contribution in [3.63, 3.8) is 0 Å². The average Bonchev–Trinajstić information content (AvgIpc) is 2.92. The number of amides is 2. The van der Waals surface area contributed by atoms with Gasteiger partial charge in [-0.3, -0.25) is 19.6 Å². The molecule has 2 atom stereocenters. The maximum absolute atomic E-state index is 13.2. The van der Waals surface area contributed by atoms with Crippen molar-refractivity contribution in [2.24, 2.45) is 0 Å². The molecule has 1 aliphatic carbocycles. The second-order valence-electron chi connectivity index (χ2n) is 7.91. The molecule has 2 aliphatic heterocycles. The molecule has 0 spiro atoms. The standard InChI is InChI=1S/C20H28N4O4/c25-19(23-9-3-8-22(10-11-23)15-4-1-5-15)18-12-17(14-24(18)20(26)27)28-16-6-2-7-21-13-16/h2,6-7,13,15,17-18H,1,3-5,8-12,14H2,(H,26,27)/t17-,18+/m0/s1. The zero-order valence-electron chi connectivity index (χ0n) is 16.1. The second kappa shape index (κ2) is 8.34. The highest BCUT2D eigenvalue weighted by Crippen LogP contribution is 2.27. The number of rotatable bonds is 4. The van der Waals surface area contributed by atoms with E-state index >= 15 is 0 Å². The van der Waals surface area contributed by atoms with E-state index in [1.54, 1.807) is 24.5 Å². The number of nitrogens with zero attached hydrogens (tertiary/aromatic N) is 4. The third-order valence-corrected chi connectivity index (χ3v) is 6.16. The number of carbonyl (C=O) groups is 2. The summed E-state index contributed by atoms with van der Waals surface area (Å²) in [5.41, 5.74) is 0. The van der Waals surface area contributed by atoms with E-state index in [9.17, 15) is 14.7 Å². The summed E-state index contributed by atoms with van der Waals surface area (Å²) >= 11 is 0. The van der Waals surface area contributed by atoms with Gasteiger partial charge in [-0.25, -0.2) is 4.79 Å². The molecule has 2 amide bonds. The first kappa shape index (κ1) is 19.0. The van der Waals surface area contributed by atoms with Gasteiger partial charge in [-0.15, -0.1) is 0 Å². The Bertz CT molecular complexity index is 697. The van der Waals surface area contributed by atoms with Crippen molar-refractivity contribution in [1.29, 1.82) is 0 Å². The number of hydrogen-bond donors (Lipinski definition) is 1. The van der Waals surface area contributed by atoms with Gasteiger partial charge in [0.1, 0.15) is 17.9 Å². The number of carbonyl (C=O) groups excluding carboxylic acids is 1. The average molecular weight is 388 g/mol. The number of pyridine rings is 1. The van der Waals surface area contributed by atoms with Crippen LogP contribution in [0.25, 0.3) is 0 Å². The Kier molecular flexibility index (Phi) is 5.66. The minimum atomic E-state index is -1.07. The minimum absolute atomic E-state index is 0.0878. The molecule has 4 rings (SSSR count). The SMILES string of the molecule is O=C([C@H]1C[C@H](Oc2cccnc2)CN1C(=O)O)N1CCCN(C2CCC2)CC1. The molecule has 28 heavy (non-hydrogen) atoms. The fourth-order valence-corrected chi connectivity index (χ4v) is 4.42. The zero-order valence-corrected chi connectivity index (χ0v) is 16.1. The smallest absolute Gasteiger partial charge is 0.408 e. The van der Waals surface area contributed by atoms with Gasteiger partial charge in [-0.1, -0.05) is 6.42 Å². The van der Waals surface area contributed by atoms with Crippen molar-refractivity contribution < 1.29 is 19.4 Å². The lowest BCUT2D eigenvalue weighted by molar-refractivity contribution is -0.135. The Morgan fingerprint density at radius 2 is 2.00 bits per heavy atom. The molecule has 8 heteroatoms. The van der Waals surface area contributed by atoms with E-state index in [1.165, 1.54) is 24.2 Å². The van der Waals surface area contributed by atoms with Crippen LogP contribution in [0, 0.1) is 0 Å². The summed E-state index contributed by atoms with van der Waals surface area (Å²) in [5, 5.41) is 9.60. The Morgan fingerprint density at radius 3 is 2.68 bits per heavy atom. The lowest BCUT2D eigenvalue weighted by Crippen LogP contribution is -2.49. The van der Waals surface area contributed by atoms with Gasteiger partial charge < -0.3 is 14.7 Å². The molecule has 3 aliphatic rings. The van der Waals surface area contributed by atoms with Crippen LogP contribution in [0.2, 0.25) is 0 Å². The van der Waals surface area contributed by atoms with Crippen LogP contribution >= 0.6 is 0 Å². The van der Waals surface area contributed by atoms with Crippen molar-refractivity contribution in [2.45, 2.75) is 50.3 Å². The first-order valence-electron chi connectivity index (χ1n) is 10.2. The van der Waals surface area contributed by atoms with E-state index in [-0.39, 0.29) is 18.6 Å². The third kappa shape index (κ3) is 4.06. The van der Waals surface area contributed by atoms with E-state index in [0.717, 1.165) is 19.5 Å². The molecule has 1 aromatic rings. The van der Waals surface area contributed by atoms with Crippen molar-refractivity contribution in [1.82, 2.24) is 19.7 Å². The Labute approximate surface area is 165 Å². The number of carboxylic acid groups (broad SMARTS) is 1. The predicted octanol–water partition coefficient (Wildman–Crippen LogP) is 1.67. The van der Waals surface area contributed by atoms with Gasteiger partial charge in [-0.05, 0) is 31.4 Å². The van der Waals surface area contributed by atoms with Crippen molar-refractivity contribution in [3.05, 3.63) is 24.5 Å². The minimum Gasteiger partial charge on any atom is -0.487 e. The summed E-state index contributed by atoms with van der Waals surface area (Å²) < 4.78 is 5.87. The van der Waals surface area contributed by atoms with E-state index in [1.807, 2.05) is 4.90 Å². The van der Waals surface area contributed by atoms with Crippen LogP contribution in [0.1, 0.15) is 32.1 Å². The molecular weight excluding hydrogens is 360 g/mol. The van der Waals surface area contributed by atoms with Crippen LogP contribution in [0.3, 0.4) is 0 Å². The highest BCUT2D eigenvalue weighted by atomic mass is 16.5. The summed E-state index contributed by atoms with van der Waals surface area (Å²) in [6.07, 6.45) is 6.99. The third-order valence-electron chi connectivity index (χ3n) is 6.16.